The lowest BCUT2D eigenvalue weighted by Crippen LogP contribution is -2.31. The molecule has 0 radical (unpaired) electrons. The summed E-state index contributed by atoms with van der Waals surface area (Å²) in [6.07, 6.45) is 0.467. The summed E-state index contributed by atoms with van der Waals surface area (Å²) in [5, 5.41) is 11.4. The van der Waals surface area contributed by atoms with E-state index in [0.717, 1.165) is 0 Å². The van der Waals surface area contributed by atoms with Crippen LogP contribution in [0.15, 0.2) is 48.0 Å². The van der Waals surface area contributed by atoms with Crippen molar-refractivity contribution in [3.63, 3.8) is 0 Å². The number of hydrogen-bond acceptors (Lipinski definition) is 7. The van der Waals surface area contributed by atoms with Gasteiger partial charge in [0.05, 0.1) is 31.4 Å². The Labute approximate surface area is 218 Å². The van der Waals surface area contributed by atoms with Crippen LogP contribution in [0, 0.1) is 5.92 Å². The quantitative estimate of drug-likeness (QED) is 0.186. The lowest BCUT2D eigenvalue weighted by molar-refractivity contribution is -0.140. The third-order valence-electron chi connectivity index (χ3n) is 5.84. The van der Waals surface area contributed by atoms with E-state index in [1.807, 2.05) is 27.7 Å². The second kappa shape index (κ2) is 12.6. The van der Waals surface area contributed by atoms with Crippen molar-refractivity contribution in [1.29, 1.82) is 0 Å². The number of carbonyl (C=O) groups is 2. The van der Waals surface area contributed by atoms with Crippen molar-refractivity contribution in [2.24, 2.45) is 5.92 Å². The van der Waals surface area contributed by atoms with Gasteiger partial charge in [-0.15, -0.1) is 0 Å². The largest absolute Gasteiger partial charge is 0.507 e. The Morgan fingerprint density at radius 1 is 1.03 bits per heavy atom. The maximum atomic E-state index is 13.3. The Bertz CT molecular complexity index is 1140. The van der Waals surface area contributed by atoms with Gasteiger partial charge in [0, 0.05) is 25.8 Å². The lowest BCUT2D eigenvalue weighted by atomic mass is 9.95. The SMILES string of the molecule is COCCCN1C(=O)C(=O)/C(=C(\O)c2cccc(OCC(C)C)c2)C1c1ccc(OC(C)C)c(OC)c1. The molecule has 0 saturated carbocycles. The average molecular weight is 512 g/mol. The number of hydrogen-bond donors (Lipinski definition) is 1. The van der Waals surface area contributed by atoms with Crippen LogP contribution >= 0.6 is 0 Å². The van der Waals surface area contributed by atoms with E-state index in [9.17, 15) is 14.7 Å². The average Bonchev–Trinajstić information content (AvgIpc) is 3.12. The summed E-state index contributed by atoms with van der Waals surface area (Å²) in [5.41, 5.74) is 1.04. The molecule has 1 N–H and O–H groups in total. The summed E-state index contributed by atoms with van der Waals surface area (Å²) >= 11 is 0. The molecular formula is C29H37NO7. The fourth-order valence-corrected chi connectivity index (χ4v) is 4.19. The van der Waals surface area contributed by atoms with Gasteiger partial charge in [-0.3, -0.25) is 9.59 Å². The van der Waals surface area contributed by atoms with Crippen molar-refractivity contribution in [3.8, 4) is 17.2 Å². The van der Waals surface area contributed by atoms with Crippen LogP contribution < -0.4 is 14.2 Å². The molecule has 8 heteroatoms. The van der Waals surface area contributed by atoms with Gasteiger partial charge in [-0.05, 0) is 56.0 Å². The standard InChI is InChI=1S/C29H37NO7/c1-18(2)17-36-22-10-7-9-21(15-22)27(31)25-26(30(13-8-14-34-5)29(33)28(25)32)20-11-12-23(37-19(3)4)24(16-20)35-6/h7,9-12,15-16,18-19,26,31H,8,13-14,17H2,1-6H3/b27-25-. The minimum absolute atomic E-state index is 0.0167. The molecule has 1 aliphatic heterocycles. The molecule has 0 spiro atoms. The van der Waals surface area contributed by atoms with E-state index in [1.165, 1.54) is 12.0 Å². The van der Waals surface area contributed by atoms with E-state index in [0.29, 0.717) is 53.9 Å². The number of nitrogens with zero attached hydrogens (tertiary/aromatic N) is 1. The number of Topliss-reactive ketones (excluding diaryl/α,β-unsaturated/α-hetero) is 1. The summed E-state index contributed by atoms with van der Waals surface area (Å²) in [4.78, 5) is 27.9. The van der Waals surface area contributed by atoms with Crippen molar-refractivity contribution in [2.45, 2.75) is 46.3 Å². The molecule has 2 aromatic carbocycles. The Kier molecular flexibility index (Phi) is 9.58. The molecule has 2 aromatic rings. The minimum Gasteiger partial charge on any atom is -0.507 e. The highest BCUT2D eigenvalue weighted by atomic mass is 16.5. The first-order valence-corrected chi connectivity index (χ1v) is 12.5. The van der Waals surface area contributed by atoms with Gasteiger partial charge in [0.25, 0.3) is 11.7 Å². The summed E-state index contributed by atoms with van der Waals surface area (Å²) in [6.45, 7) is 9.13. The molecular weight excluding hydrogens is 474 g/mol. The van der Waals surface area contributed by atoms with Gasteiger partial charge < -0.3 is 29.0 Å². The predicted molar refractivity (Wildman–Crippen MR) is 141 cm³/mol. The van der Waals surface area contributed by atoms with Gasteiger partial charge in [0.15, 0.2) is 11.5 Å². The lowest BCUT2D eigenvalue weighted by Gasteiger charge is -2.26. The predicted octanol–water partition coefficient (Wildman–Crippen LogP) is 4.98. The number of aliphatic hydroxyl groups excluding tert-OH is 1. The van der Waals surface area contributed by atoms with Crippen LogP contribution in [0.5, 0.6) is 17.2 Å². The van der Waals surface area contributed by atoms with Gasteiger partial charge in [-0.1, -0.05) is 32.0 Å². The Hall–Kier alpha value is -3.52. The zero-order valence-electron chi connectivity index (χ0n) is 22.4. The number of carbonyl (C=O) groups excluding carboxylic acids is 2. The minimum atomic E-state index is -0.806. The number of ether oxygens (including phenoxy) is 4. The highest BCUT2D eigenvalue weighted by molar-refractivity contribution is 6.46. The van der Waals surface area contributed by atoms with Gasteiger partial charge in [0.2, 0.25) is 0 Å². The Balaban J connectivity index is 2.11. The Morgan fingerprint density at radius 3 is 2.43 bits per heavy atom. The summed E-state index contributed by atoms with van der Waals surface area (Å²) in [5.74, 6) is 0.249. The first-order valence-electron chi connectivity index (χ1n) is 12.5. The zero-order chi connectivity index (χ0) is 27.1. The van der Waals surface area contributed by atoms with Crippen molar-refractivity contribution >= 4 is 17.4 Å². The number of methoxy groups -OCH3 is 2. The van der Waals surface area contributed by atoms with Crippen LogP contribution in [0.3, 0.4) is 0 Å². The number of benzene rings is 2. The molecule has 3 rings (SSSR count). The third-order valence-corrected chi connectivity index (χ3v) is 5.84. The van der Waals surface area contributed by atoms with Gasteiger partial charge in [-0.2, -0.15) is 0 Å². The van der Waals surface area contributed by atoms with Crippen molar-refractivity contribution in [2.75, 3.05) is 34.0 Å². The summed E-state index contributed by atoms with van der Waals surface area (Å²) in [6, 6.07) is 11.4. The van der Waals surface area contributed by atoms with Crippen LogP contribution in [0.4, 0.5) is 0 Å². The van der Waals surface area contributed by atoms with Crippen LogP contribution in [-0.4, -0.2) is 61.8 Å². The smallest absolute Gasteiger partial charge is 0.295 e. The van der Waals surface area contributed by atoms with Gasteiger partial charge in [0.1, 0.15) is 11.5 Å². The molecule has 8 nitrogen and oxygen atoms in total. The van der Waals surface area contributed by atoms with Crippen molar-refractivity contribution in [1.82, 2.24) is 4.90 Å². The van der Waals surface area contributed by atoms with E-state index in [4.69, 9.17) is 18.9 Å². The number of aliphatic hydroxyl groups is 1. The van der Waals surface area contributed by atoms with Crippen LogP contribution in [-0.2, 0) is 14.3 Å². The second-order valence-electron chi connectivity index (χ2n) is 9.65. The topological polar surface area (TPSA) is 94.5 Å². The molecule has 1 saturated heterocycles. The van der Waals surface area contributed by atoms with Gasteiger partial charge >= 0.3 is 0 Å². The van der Waals surface area contributed by atoms with E-state index in [-0.39, 0.29) is 24.0 Å². The Morgan fingerprint density at radius 2 is 1.78 bits per heavy atom. The normalized spacial score (nSPS) is 17.1. The van der Waals surface area contributed by atoms with Gasteiger partial charge in [-0.25, -0.2) is 0 Å². The molecule has 200 valence electrons. The van der Waals surface area contributed by atoms with E-state index >= 15 is 0 Å². The molecule has 1 aliphatic rings. The van der Waals surface area contributed by atoms with E-state index in [1.54, 1.807) is 49.6 Å². The van der Waals surface area contributed by atoms with Crippen LogP contribution in [0.1, 0.15) is 51.3 Å². The molecule has 1 atom stereocenters. The zero-order valence-corrected chi connectivity index (χ0v) is 22.4. The highest BCUT2D eigenvalue weighted by Gasteiger charge is 2.46. The fraction of sp³-hybridized carbons (Fsp3) is 0.448. The van der Waals surface area contributed by atoms with E-state index in [2.05, 4.69) is 0 Å². The molecule has 1 amide bonds. The number of likely N-dealkylation sites (tertiary alicyclic amines) is 1. The molecule has 0 bridgehead atoms. The molecule has 0 aromatic heterocycles. The maximum Gasteiger partial charge on any atom is 0.295 e. The number of rotatable bonds is 12. The fourth-order valence-electron chi connectivity index (χ4n) is 4.19. The molecule has 1 unspecified atom stereocenters. The molecule has 37 heavy (non-hydrogen) atoms. The third kappa shape index (κ3) is 6.63. The second-order valence-corrected chi connectivity index (χ2v) is 9.65. The highest BCUT2D eigenvalue weighted by Crippen LogP contribution is 2.42. The number of amides is 1. The molecule has 1 heterocycles. The van der Waals surface area contributed by atoms with E-state index < -0.39 is 17.7 Å². The van der Waals surface area contributed by atoms with Crippen molar-refractivity contribution < 1.29 is 33.6 Å². The summed E-state index contributed by atoms with van der Waals surface area (Å²) in [7, 11) is 3.11. The molecule has 1 fully saturated rings. The monoisotopic (exact) mass is 511 g/mol. The van der Waals surface area contributed by atoms with Crippen LogP contribution in [0.25, 0.3) is 5.76 Å². The van der Waals surface area contributed by atoms with Crippen molar-refractivity contribution in [3.05, 3.63) is 59.2 Å². The number of ketones is 1. The molecule has 0 aliphatic carbocycles. The van der Waals surface area contributed by atoms with Crippen LogP contribution in [0.2, 0.25) is 0 Å². The maximum absolute atomic E-state index is 13.3. The summed E-state index contributed by atoms with van der Waals surface area (Å²) < 4.78 is 22.3. The first-order chi connectivity index (χ1) is 17.7. The first kappa shape index (κ1) is 28.1.